The van der Waals surface area contributed by atoms with Crippen LogP contribution in [0.25, 0.3) is 0 Å². The maximum atomic E-state index is 12.3. The summed E-state index contributed by atoms with van der Waals surface area (Å²) < 4.78 is 63.2. The van der Waals surface area contributed by atoms with Crippen molar-refractivity contribution in [2.75, 3.05) is 0 Å². The van der Waals surface area contributed by atoms with E-state index < -0.39 is 21.4 Å². The first kappa shape index (κ1) is 16.4. The van der Waals surface area contributed by atoms with Crippen molar-refractivity contribution in [1.29, 1.82) is 5.26 Å². The third kappa shape index (κ3) is 3.42. The molecular weight excluding hydrogens is 319 g/mol. The summed E-state index contributed by atoms with van der Waals surface area (Å²) in [5.41, 5.74) is -4.61. The lowest BCUT2D eigenvalue weighted by atomic mass is 9.83. The Morgan fingerprint density at radius 2 is 1.86 bits per heavy atom. The lowest BCUT2D eigenvalue weighted by molar-refractivity contribution is -0.0524. The van der Waals surface area contributed by atoms with Gasteiger partial charge in [0, 0.05) is 6.42 Å². The van der Waals surface area contributed by atoms with Gasteiger partial charge < -0.3 is 4.18 Å². The number of alkyl halides is 3. The highest BCUT2D eigenvalue weighted by atomic mass is 32.2. The Morgan fingerprint density at radius 1 is 1.23 bits per heavy atom. The van der Waals surface area contributed by atoms with Gasteiger partial charge in [0.25, 0.3) is 0 Å². The number of hydrogen-bond donors (Lipinski definition) is 0. The molecule has 0 N–H and O–H groups in total. The van der Waals surface area contributed by atoms with E-state index in [1.165, 1.54) is 0 Å². The zero-order chi connectivity index (χ0) is 16.4. The molecule has 1 aromatic rings. The Hall–Kier alpha value is -2.01. The molecule has 0 bridgehead atoms. The SMILES string of the molecule is N#CC1=C(OS(=O)(=O)C(F)(F)F)CCC(c2ccccc2)C1. The van der Waals surface area contributed by atoms with Gasteiger partial charge in [-0.15, -0.1) is 0 Å². The van der Waals surface area contributed by atoms with Crippen LogP contribution in [0.5, 0.6) is 0 Å². The van der Waals surface area contributed by atoms with Crippen LogP contribution in [0, 0.1) is 11.3 Å². The first-order valence-electron chi connectivity index (χ1n) is 6.42. The zero-order valence-electron chi connectivity index (χ0n) is 11.3. The lowest BCUT2D eigenvalue weighted by Crippen LogP contribution is -2.26. The van der Waals surface area contributed by atoms with E-state index in [-0.39, 0.29) is 24.3 Å². The zero-order valence-corrected chi connectivity index (χ0v) is 12.1. The van der Waals surface area contributed by atoms with Crippen molar-refractivity contribution >= 4 is 10.1 Å². The van der Waals surface area contributed by atoms with Crippen LogP contribution < -0.4 is 0 Å². The van der Waals surface area contributed by atoms with Crippen molar-refractivity contribution in [3.63, 3.8) is 0 Å². The molecule has 1 aromatic carbocycles. The second-order valence-electron chi connectivity index (χ2n) is 4.85. The highest BCUT2D eigenvalue weighted by Gasteiger charge is 2.49. The molecule has 0 radical (unpaired) electrons. The van der Waals surface area contributed by atoms with E-state index in [0.717, 1.165) is 5.56 Å². The van der Waals surface area contributed by atoms with Crippen LogP contribution in [0.2, 0.25) is 0 Å². The predicted molar refractivity (Wildman–Crippen MR) is 71.7 cm³/mol. The molecule has 1 aliphatic rings. The van der Waals surface area contributed by atoms with Gasteiger partial charge in [0.15, 0.2) is 0 Å². The number of rotatable bonds is 3. The number of benzene rings is 1. The highest BCUT2D eigenvalue weighted by Crippen LogP contribution is 2.38. The standard InChI is InChI=1S/C14H12F3NO3S/c15-14(16,17)22(19,20)21-13-7-6-11(8-12(13)9-18)10-4-2-1-3-5-10/h1-5,11H,6-8H2. The average molecular weight is 331 g/mol. The Kier molecular flexibility index (Phi) is 4.47. The van der Waals surface area contributed by atoms with Crippen molar-refractivity contribution in [1.82, 2.24) is 0 Å². The van der Waals surface area contributed by atoms with Crippen molar-refractivity contribution in [3.05, 3.63) is 47.2 Å². The van der Waals surface area contributed by atoms with Gasteiger partial charge in [0.2, 0.25) is 0 Å². The van der Waals surface area contributed by atoms with Gasteiger partial charge >= 0.3 is 15.6 Å². The highest BCUT2D eigenvalue weighted by molar-refractivity contribution is 7.87. The summed E-state index contributed by atoms with van der Waals surface area (Å²) in [4.78, 5) is 0. The summed E-state index contributed by atoms with van der Waals surface area (Å²) in [6.45, 7) is 0. The summed E-state index contributed by atoms with van der Waals surface area (Å²) in [7, 11) is -5.73. The van der Waals surface area contributed by atoms with E-state index in [1.54, 1.807) is 6.07 Å². The van der Waals surface area contributed by atoms with Crippen LogP contribution >= 0.6 is 0 Å². The third-order valence-electron chi connectivity index (χ3n) is 3.41. The number of nitriles is 1. The Labute approximate surface area is 125 Å². The van der Waals surface area contributed by atoms with E-state index >= 15 is 0 Å². The topological polar surface area (TPSA) is 67.2 Å². The van der Waals surface area contributed by atoms with Gasteiger partial charge in [-0.1, -0.05) is 30.3 Å². The molecule has 118 valence electrons. The van der Waals surface area contributed by atoms with Crippen LogP contribution in [0.4, 0.5) is 13.2 Å². The van der Waals surface area contributed by atoms with Crippen LogP contribution in [-0.2, 0) is 14.3 Å². The number of hydrogen-bond acceptors (Lipinski definition) is 4. The number of allylic oxidation sites excluding steroid dienone is 2. The first-order valence-corrected chi connectivity index (χ1v) is 7.83. The molecule has 1 unspecified atom stereocenters. The molecule has 0 spiro atoms. The molecule has 8 heteroatoms. The Balaban J connectivity index is 2.24. The maximum absolute atomic E-state index is 12.3. The summed E-state index contributed by atoms with van der Waals surface area (Å²) in [5, 5.41) is 9.06. The molecule has 0 amide bonds. The van der Waals surface area contributed by atoms with Crippen molar-refractivity contribution in [3.8, 4) is 6.07 Å². The van der Waals surface area contributed by atoms with Crippen LogP contribution in [0.3, 0.4) is 0 Å². The van der Waals surface area contributed by atoms with Crippen LogP contribution in [0.1, 0.15) is 30.7 Å². The number of halogens is 3. The Bertz CT molecular complexity index is 718. The molecule has 0 saturated heterocycles. The van der Waals surface area contributed by atoms with E-state index in [0.29, 0.717) is 6.42 Å². The van der Waals surface area contributed by atoms with Crippen molar-refractivity contribution in [2.24, 2.45) is 0 Å². The summed E-state index contributed by atoms with van der Waals surface area (Å²) in [5.74, 6) is -0.455. The Morgan fingerprint density at radius 3 is 2.41 bits per heavy atom. The summed E-state index contributed by atoms with van der Waals surface area (Å²) >= 11 is 0. The second kappa shape index (κ2) is 6.01. The third-order valence-corrected chi connectivity index (χ3v) is 4.39. The molecule has 0 fully saturated rings. The quantitative estimate of drug-likeness (QED) is 0.627. The van der Waals surface area contributed by atoms with Gasteiger partial charge in [-0.25, -0.2) is 0 Å². The second-order valence-corrected chi connectivity index (χ2v) is 6.38. The van der Waals surface area contributed by atoms with Crippen LogP contribution in [0.15, 0.2) is 41.7 Å². The molecule has 0 heterocycles. The molecule has 0 saturated carbocycles. The van der Waals surface area contributed by atoms with E-state index in [2.05, 4.69) is 4.18 Å². The minimum absolute atomic E-state index is 0.0300. The van der Waals surface area contributed by atoms with Gasteiger partial charge in [-0.3, -0.25) is 0 Å². The summed E-state index contributed by atoms with van der Waals surface area (Å²) in [6.07, 6.45) is 0.541. The van der Waals surface area contributed by atoms with E-state index in [1.807, 2.05) is 30.3 Å². The van der Waals surface area contributed by atoms with Gasteiger partial charge in [0.05, 0.1) is 11.6 Å². The van der Waals surface area contributed by atoms with Gasteiger partial charge in [0.1, 0.15) is 5.76 Å². The van der Waals surface area contributed by atoms with E-state index in [4.69, 9.17) is 5.26 Å². The first-order chi connectivity index (χ1) is 10.2. The molecule has 0 aromatic heterocycles. The molecular formula is C14H12F3NO3S. The predicted octanol–water partition coefficient (Wildman–Crippen LogP) is 3.60. The molecule has 1 atom stereocenters. The monoisotopic (exact) mass is 331 g/mol. The molecule has 4 nitrogen and oxygen atoms in total. The minimum Gasteiger partial charge on any atom is -0.380 e. The number of nitrogens with zero attached hydrogens (tertiary/aromatic N) is 1. The average Bonchev–Trinajstić information content (AvgIpc) is 2.47. The molecule has 22 heavy (non-hydrogen) atoms. The fourth-order valence-corrected chi connectivity index (χ4v) is 2.85. The lowest BCUT2D eigenvalue weighted by Gasteiger charge is -2.24. The largest absolute Gasteiger partial charge is 0.534 e. The van der Waals surface area contributed by atoms with Crippen LogP contribution in [-0.4, -0.2) is 13.9 Å². The fourth-order valence-electron chi connectivity index (χ4n) is 2.31. The molecule has 2 rings (SSSR count). The van der Waals surface area contributed by atoms with Gasteiger partial charge in [-0.2, -0.15) is 26.9 Å². The van der Waals surface area contributed by atoms with E-state index in [9.17, 15) is 21.6 Å². The normalized spacial score (nSPS) is 19.6. The van der Waals surface area contributed by atoms with Crippen molar-refractivity contribution in [2.45, 2.75) is 30.7 Å². The maximum Gasteiger partial charge on any atom is 0.534 e. The summed E-state index contributed by atoms with van der Waals surface area (Å²) in [6, 6.07) is 10.9. The molecule has 0 aliphatic heterocycles. The van der Waals surface area contributed by atoms with Crippen molar-refractivity contribution < 1.29 is 25.8 Å². The smallest absolute Gasteiger partial charge is 0.380 e. The fraction of sp³-hybridized carbons (Fsp3) is 0.357. The minimum atomic E-state index is -5.73. The van der Waals surface area contributed by atoms with Gasteiger partial charge in [-0.05, 0) is 24.3 Å². The molecule has 1 aliphatic carbocycles.